The third kappa shape index (κ3) is 9.44. The number of carboxylic acids is 1. The van der Waals surface area contributed by atoms with Crippen LogP contribution < -0.4 is 5.32 Å². The lowest BCUT2D eigenvalue weighted by atomic mass is 10.3. The molecule has 0 saturated carbocycles. The number of nitrogens with one attached hydrogen (secondary N) is 1. The van der Waals surface area contributed by atoms with Crippen LogP contribution in [0.25, 0.3) is 0 Å². The molecule has 0 aliphatic carbocycles. The molecule has 0 aliphatic heterocycles. The van der Waals surface area contributed by atoms with E-state index in [2.05, 4.69) is 5.32 Å². The molecule has 0 spiro atoms. The van der Waals surface area contributed by atoms with E-state index >= 15 is 0 Å². The molecule has 0 aromatic carbocycles. The maximum atomic E-state index is 10.1. The molecular weight excluding hydrogens is 186 g/mol. The fraction of sp³-hybridized carbons (Fsp3) is 0.889. The molecule has 1 unspecified atom stereocenters. The fourth-order valence-electron chi connectivity index (χ4n) is 0.946. The van der Waals surface area contributed by atoms with E-state index in [0.29, 0.717) is 32.7 Å². The summed E-state index contributed by atoms with van der Waals surface area (Å²) in [5, 5.41) is 20.6. The summed E-state index contributed by atoms with van der Waals surface area (Å²) in [7, 11) is 0. The SMILES string of the molecule is CCOCC(O)CNCCCC(=O)O. The van der Waals surface area contributed by atoms with Crippen molar-refractivity contribution in [3.05, 3.63) is 0 Å². The van der Waals surface area contributed by atoms with E-state index in [1.165, 1.54) is 0 Å². The van der Waals surface area contributed by atoms with Gasteiger partial charge < -0.3 is 20.3 Å². The number of carbonyl (C=O) groups is 1. The summed E-state index contributed by atoms with van der Waals surface area (Å²) in [6.45, 7) is 3.83. The Kier molecular flexibility index (Phi) is 8.51. The summed E-state index contributed by atoms with van der Waals surface area (Å²) >= 11 is 0. The lowest BCUT2D eigenvalue weighted by Gasteiger charge is -2.10. The first-order chi connectivity index (χ1) is 6.66. The lowest BCUT2D eigenvalue weighted by Crippen LogP contribution is -2.31. The van der Waals surface area contributed by atoms with Gasteiger partial charge in [0.2, 0.25) is 0 Å². The Hall–Kier alpha value is -0.650. The number of ether oxygens (including phenoxy) is 1. The van der Waals surface area contributed by atoms with Gasteiger partial charge >= 0.3 is 5.97 Å². The van der Waals surface area contributed by atoms with Crippen molar-refractivity contribution in [3.63, 3.8) is 0 Å². The summed E-state index contributed by atoms with van der Waals surface area (Å²) in [6.07, 6.45) is 0.227. The van der Waals surface area contributed by atoms with E-state index in [-0.39, 0.29) is 6.42 Å². The molecule has 0 aromatic heterocycles. The van der Waals surface area contributed by atoms with Gasteiger partial charge in [0.05, 0.1) is 12.7 Å². The number of rotatable bonds is 9. The Morgan fingerprint density at radius 2 is 2.29 bits per heavy atom. The maximum absolute atomic E-state index is 10.1. The molecule has 0 aliphatic rings. The van der Waals surface area contributed by atoms with Gasteiger partial charge in [0, 0.05) is 19.6 Å². The number of aliphatic hydroxyl groups excluding tert-OH is 1. The minimum absolute atomic E-state index is 0.161. The van der Waals surface area contributed by atoms with Crippen LogP contribution in [-0.2, 0) is 9.53 Å². The van der Waals surface area contributed by atoms with Gasteiger partial charge in [-0.25, -0.2) is 0 Å². The van der Waals surface area contributed by atoms with Crippen LogP contribution in [0.15, 0.2) is 0 Å². The number of aliphatic carboxylic acids is 1. The van der Waals surface area contributed by atoms with E-state index in [9.17, 15) is 9.90 Å². The smallest absolute Gasteiger partial charge is 0.303 e. The van der Waals surface area contributed by atoms with Gasteiger partial charge in [0.1, 0.15) is 0 Å². The standard InChI is InChI=1S/C9H19NO4/c1-2-14-7-8(11)6-10-5-3-4-9(12)13/h8,10-11H,2-7H2,1H3,(H,12,13). The highest BCUT2D eigenvalue weighted by Crippen LogP contribution is 1.87. The lowest BCUT2D eigenvalue weighted by molar-refractivity contribution is -0.137. The predicted molar refractivity (Wildman–Crippen MR) is 52.2 cm³/mol. The van der Waals surface area contributed by atoms with Crippen LogP contribution in [0, 0.1) is 0 Å². The van der Waals surface area contributed by atoms with Crippen molar-refractivity contribution >= 4 is 5.97 Å². The average Bonchev–Trinajstić information content (AvgIpc) is 2.13. The average molecular weight is 205 g/mol. The maximum Gasteiger partial charge on any atom is 0.303 e. The quantitative estimate of drug-likeness (QED) is 0.456. The van der Waals surface area contributed by atoms with Crippen LogP contribution in [0.5, 0.6) is 0 Å². The van der Waals surface area contributed by atoms with Gasteiger partial charge in [-0.3, -0.25) is 4.79 Å². The third-order valence-corrected chi connectivity index (χ3v) is 1.64. The summed E-state index contributed by atoms with van der Waals surface area (Å²) in [5.41, 5.74) is 0. The van der Waals surface area contributed by atoms with Crippen molar-refractivity contribution in [1.82, 2.24) is 5.32 Å². The van der Waals surface area contributed by atoms with Crippen LogP contribution in [0.4, 0.5) is 0 Å². The summed E-state index contributed by atoms with van der Waals surface area (Å²) in [5.74, 6) is -0.790. The monoisotopic (exact) mass is 205 g/mol. The van der Waals surface area contributed by atoms with E-state index in [0.717, 1.165) is 0 Å². The molecule has 0 heterocycles. The highest BCUT2D eigenvalue weighted by Gasteiger charge is 2.02. The molecule has 0 amide bonds. The van der Waals surface area contributed by atoms with Crippen LogP contribution in [0.3, 0.4) is 0 Å². The molecular formula is C9H19NO4. The van der Waals surface area contributed by atoms with Gasteiger partial charge in [-0.15, -0.1) is 0 Å². The van der Waals surface area contributed by atoms with Gasteiger partial charge in [-0.05, 0) is 19.9 Å². The number of hydrogen-bond acceptors (Lipinski definition) is 4. The zero-order valence-corrected chi connectivity index (χ0v) is 8.53. The molecule has 84 valence electrons. The van der Waals surface area contributed by atoms with Crippen LogP contribution in [-0.4, -0.2) is 48.6 Å². The molecule has 5 heteroatoms. The van der Waals surface area contributed by atoms with Crippen LogP contribution >= 0.6 is 0 Å². The Morgan fingerprint density at radius 1 is 1.57 bits per heavy atom. The summed E-state index contributed by atoms with van der Waals surface area (Å²) < 4.78 is 5.01. The first-order valence-corrected chi connectivity index (χ1v) is 4.85. The molecule has 0 saturated heterocycles. The number of hydrogen-bond donors (Lipinski definition) is 3. The van der Waals surface area contributed by atoms with E-state index in [1.54, 1.807) is 0 Å². The molecule has 0 rings (SSSR count). The van der Waals surface area contributed by atoms with Crippen LogP contribution in [0.2, 0.25) is 0 Å². The highest BCUT2D eigenvalue weighted by molar-refractivity contribution is 5.66. The molecule has 0 aromatic rings. The zero-order valence-electron chi connectivity index (χ0n) is 8.53. The number of carboxylic acid groups (broad SMARTS) is 1. The van der Waals surface area contributed by atoms with Crippen molar-refractivity contribution in [2.24, 2.45) is 0 Å². The Labute approximate surface area is 84.1 Å². The van der Waals surface area contributed by atoms with Crippen molar-refractivity contribution in [3.8, 4) is 0 Å². The Morgan fingerprint density at radius 3 is 2.86 bits per heavy atom. The normalized spacial score (nSPS) is 12.7. The molecule has 14 heavy (non-hydrogen) atoms. The van der Waals surface area contributed by atoms with E-state index < -0.39 is 12.1 Å². The first-order valence-electron chi connectivity index (χ1n) is 4.85. The van der Waals surface area contributed by atoms with E-state index in [1.807, 2.05) is 6.92 Å². The molecule has 0 fully saturated rings. The van der Waals surface area contributed by atoms with Gasteiger partial charge in [0.25, 0.3) is 0 Å². The molecule has 0 bridgehead atoms. The molecule has 0 radical (unpaired) electrons. The second-order valence-corrected chi connectivity index (χ2v) is 3.01. The first kappa shape index (κ1) is 13.4. The van der Waals surface area contributed by atoms with Gasteiger partial charge in [-0.1, -0.05) is 0 Å². The Balaban J connectivity index is 3.14. The largest absolute Gasteiger partial charge is 0.481 e. The molecule has 5 nitrogen and oxygen atoms in total. The fourth-order valence-corrected chi connectivity index (χ4v) is 0.946. The van der Waals surface area contributed by atoms with Crippen molar-refractivity contribution < 1.29 is 19.7 Å². The van der Waals surface area contributed by atoms with Crippen molar-refractivity contribution in [1.29, 1.82) is 0 Å². The van der Waals surface area contributed by atoms with Gasteiger partial charge in [0.15, 0.2) is 0 Å². The van der Waals surface area contributed by atoms with Crippen LogP contribution in [0.1, 0.15) is 19.8 Å². The molecule has 1 atom stereocenters. The predicted octanol–water partition coefficient (Wildman–Crippen LogP) is -0.162. The second-order valence-electron chi connectivity index (χ2n) is 3.01. The highest BCUT2D eigenvalue weighted by atomic mass is 16.5. The third-order valence-electron chi connectivity index (χ3n) is 1.64. The summed E-state index contributed by atoms with van der Waals surface area (Å²) in [6, 6.07) is 0. The summed E-state index contributed by atoms with van der Waals surface area (Å²) in [4.78, 5) is 10.1. The van der Waals surface area contributed by atoms with E-state index in [4.69, 9.17) is 9.84 Å². The zero-order chi connectivity index (χ0) is 10.8. The topological polar surface area (TPSA) is 78.8 Å². The number of aliphatic hydroxyl groups is 1. The molecule has 3 N–H and O–H groups in total. The second kappa shape index (κ2) is 8.93. The minimum atomic E-state index is -0.790. The minimum Gasteiger partial charge on any atom is -0.481 e. The van der Waals surface area contributed by atoms with Crippen molar-refractivity contribution in [2.75, 3.05) is 26.3 Å². The Bertz CT molecular complexity index is 152. The van der Waals surface area contributed by atoms with Crippen molar-refractivity contribution in [2.45, 2.75) is 25.9 Å². The van der Waals surface area contributed by atoms with Gasteiger partial charge in [-0.2, -0.15) is 0 Å².